The van der Waals surface area contributed by atoms with E-state index in [1.165, 1.54) is 0 Å². The highest BCUT2D eigenvalue weighted by Crippen LogP contribution is 2.02. The number of likely N-dealkylation sites (N-methyl/N-ethyl adjacent to an activating group) is 1. The first-order valence-electron chi connectivity index (χ1n) is 2.40. The van der Waals surface area contributed by atoms with Crippen molar-refractivity contribution in [3.63, 3.8) is 0 Å². The second kappa shape index (κ2) is 1.90. The third-order valence-corrected chi connectivity index (χ3v) is 1.11. The van der Waals surface area contributed by atoms with Crippen molar-refractivity contribution in [2.45, 2.75) is 6.04 Å². The molecule has 1 heterocycles. The van der Waals surface area contributed by atoms with Crippen LogP contribution in [0, 0.1) is 0 Å². The number of nitrogens with zero attached hydrogens (tertiary/aromatic N) is 3. The lowest BCUT2D eigenvalue weighted by atomic mass is 10.3. The topological polar surface area (TPSA) is 45.0 Å². The Kier molecular flexibility index (Phi) is 1.24. The molecule has 1 atom stereocenters. The molecule has 0 aromatic carbocycles. The summed E-state index contributed by atoms with van der Waals surface area (Å²) in [5.41, 5.74) is 0. The summed E-state index contributed by atoms with van der Waals surface area (Å²) in [6.45, 7) is 0.514. The standard InChI is InChI=1S/C4H7N3O/c1-7-4(3-8)2-5-6-7/h3-4H,2H2,1H3. The molecule has 1 aliphatic heterocycles. The van der Waals surface area contributed by atoms with E-state index in [1.807, 2.05) is 0 Å². The lowest BCUT2D eigenvalue weighted by Crippen LogP contribution is -2.25. The molecule has 0 aromatic rings. The van der Waals surface area contributed by atoms with Crippen LogP contribution in [0.3, 0.4) is 0 Å². The van der Waals surface area contributed by atoms with E-state index in [9.17, 15) is 4.79 Å². The average Bonchev–Trinajstić information content (AvgIpc) is 2.14. The largest absolute Gasteiger partial charge is 0.301 e. The number of aldehydes is 1. The van der Waals surface area contributed by atoms with Gasteiger partial charge in [-0.2, -0.15) is 5.11 Å². The van der Waals surface area contributed by atoms with Crippen molar-refractivity contribution >= 4 is 6.29 Å². The van der Waals surface area contributed by atoms with Crippen LogP contribution in [-0.4, -0.2) is 30.9 Å². The number of hydrogen-bond acceptors (Lipinski definition) is 4. The molecule has 0 radical (unpaired) electrons. The molecule has 0 N–H and O–H groups in total. The molecule has 0 spiro atoms. The first kappa shape index (κ1) is 5.21. The lowest BCUT2D eigenvalue weighted by Gasteiger charge is -2.07. The SMILES string of the molecule is CN1N=NCC1C=O. The van der Waals surface area contributed by atoms with Gasteiger partial charge in [-0.15, -0.1) is 0 Å². The van der Waals surface area contributed by atoms with Crippen molar-refractivity contribution in [3.05, 3.63) is 0 Å². The average molecular weight is 113 g/mol. The summed E-state index contributed by atoms with van der Waals surface area (Å²) in [6, 6.07) is -0.116. The molecule has 4 nitrogen and oxygen atoms in total. The zero-order valence-electron chi connectivity index (χ0n) is 4.61. The maximum atomic E-state index is 10.1. The van der Waals surface area contributed by atoms with E-state index in [1.54, 1.807) is 12.1 Å². The molecule has 0 bridgehead atoms. The van der Waals surface area contributed by atoms with Crippen molar-refractivity contribution in [2.75, 3.05) is 13.6 Å². The number of rotatable bonds is 1. The van der Waals surface area contributed by atoms with Crippen LogP contribution in [-0.2, 0) is 4.79 Å². The molecule has 0 saturated heterocycles. The van der Waals surface area contributed by atoms with Crippen LogP contribution in [0.5, 0.6) is 0 Å². The van der Waals surface area contributed by atoms with Crippen molar-refractivity contribution in [3.8, 4) is 0 Å². The summed E-state index contributed by atoms with van der Waals surface area (Å²) in [4.78, 5) is 10.1. The summed E-state index contributed by atoms with van der Waals surface area (Å²) < 4.78 is 0. The molecular weight excluding hydrogens is 106 g/mol. The monoisotopic (exact) mass is 113 g/mol. The number of carbonyl (C=O) groups excluding carboxylic acids is 1. The molecule has 4 heteroatoms. The fourth-order valence-corrected chi connectivity index (χ4v) is 0.536. The van der Waals surface area contributed by atoms with Crippen LogP contribution >= 0.6 is 0 Å². The van der Waals surface area contributed by atoms with Crippen LogP contribution in [0.25, 0.3) is 0 Å². The smallest absolute Gasteiger partial charge is 0.146 e. The Labute approximate surface area is 47.2 Å². The highest BCUT2D eigenvalue weighted by molar-refractivity contribution is 5.58. The van der Waals surface area contributed by atoms with Crippen molar-refractivity contribution < 1.29 is 4.79 Å². The highest BCUT2D eigenvalue weighted by atomic mass is 16.1. The van der Waals surface area contributed by atoms with Gasteiger partial charge in [0, 0.05) is 7.05 Å². The predicted octanol–water partition coefficient (Wildman–Crippen LogP) is -0.133. The third kappa shape index (κ3) is 0.685. The van der Waals surface area contributed by atoms with Crippen LogP contribution in [0.4, 0.5) is 0 Å². The Morgan fingerprint density at radius 1 is 1.88 bits per heavy atom. The molecule has 8 heavy (non-hydrogen) atoms. The van der Waals surface area contributed by atoms with Gasteiger partial charge in [0.2, 0.25) is 0 Å². The maximum Gasteiger partial charge on any atom is 0.146 e. The minimum Gasteiger partial charge on any atom is -0.301 e. The van der Waals surface area contributed by atoms with E-state index < -0.39 is 0 Å². The molecule has 44 valence electrons. The summed E-state index contributed by atoms with van der Waals surface area (Å²) >= 11 is 0. The Bertz CT molecular complexity index is 122. The summed E-state index contributed by atoms with van der Waals surface area (Å²) in [5, 5.41) is 8.80. The van der Waals surface area contributed by atoms with E-state index in [2.05, 4.69) is 10.3 Å². The van der Waals surface area contributed by atoms with Gasteiger partial charge in [-0.3, -0.25) is 5.01 Å². The zero-order chi connectivity index (χ0) is 5.98. The zero-order valence-corrected chi connectivity index (χ0v) is 4.61. The third-order valence-electron chi connectivity index (χ3n) is 1.11. The molecule has 0 aliphatic carbocycles. The first-order valence-corrected chi connectivity index (χ1v) is 2.40. The van der Waals surface area contributed by atoms with Crippen LogP contribution in [0.15, 0.2) is 10.3 Å². The highest BCUT2D eigenvalue weighted by Gasteiger charge is 2.15. The summed E-state index contributed by atoms with van der Waals surface area (Å²) in [7, 11) is 1.73. The van der Waals surface area contributed by atoms with Gasteiger partial charge >= 0.3 is 0 Å². The van der Waals surface area contributed by atoms with E-state index >= 15 is 0 Å². The second-order valence-electron chi connectivity index (χ2n) is 1.69. The molecule has 1 aliphatic rings. The Morgan fingerprint density at radius 3 is 2.88 bits per heavy atom. The fourth-order valence-electron chi connectivity index (χ4n) is 0.536. The summed E-state index contributed by atoms with van der Waals surface area (Å²) in [5.74, 6) is 0. The summed E-state index contributed by atoms with van der Waals surface area (Å²) in [6.07, 6.45) is 0.847. The molecule has 1 rings (SSSR count). The van der Waals surface area contributed by atoms with Gasteiger partial charge < -0.3 is 4.79 Å². The maximum absolute atomic E-state index is 10.1. The van der Waals surface area contributed by atoms with Crippen molar-refractivity contribution in [1.82, 2.24) is 5.01 Å². The molecule has 0 saturated carbocycles. The van der Waals surface area contributed by atoms with Gasteiger partial charge in [-0.05, 0) is 0 Å². The molecule has 0 amide bonds. The molecule has 0 fully saturated rings. The Hall–Kier alpha value is -0.930. The normalized spacial score (nSPS) is 26.6. The minimum absolute atomic E-state index is 0.116. The number of carbonyl (C=O) groups is 1. The Morgan fingerprint density at radius 2 is 2.62 bits per heavy atom. The Balaban J connectivity index is 2.50. The van der Waals surface area contributed by atoms with Crippen LogP contribution in [0.2, 0.25) is 0 Å². The first-order chi connectivity index (χ1) is 3.84. The fraction of sp³-hybridized carbons (Fsp3) is 0.750. The van der Waals surface area contributed by atoms with Crippen LogP contribution in [0.1, 0.15) is 0 Å². The van der Waals surface area contributed by atoms with E-state index in [0.717, 1.165) is 6.29 Å². The lowest BCUT2D eigenvalue weighted by molar-refractivity contribution is -0.111. The quantitative estimate of drug-likeness (QED) is 0.444. The van der Waals surface area contributed by atoms with E-state index in [-0.39, 0.29) is 6.04 Å². The second-order valence-corrected chi connectivity index (χ2v) is 1.69. The van der Waals surface area contributed by atoms with Gasteiger partial charge in [-0.1, -0.05) is 5.22 Å². The van der Waals surface area contributed by atoms with Gasteiger partial charge in [0.05, 0.1) is 6.54 Å². The van der Waals surface area contributed by atoms with Gasteiger partial charge in [-0.25, -0.2) is 0 Å². The van der Waals surface area contributed by atoms with Crippen molar-refractivity contribution in [2.24, 2.45) is 10.3 Å². The van der Waals surface area contributed by atoms with Gasteiger partial charge in [0.15, 0.2) is 0 Å². The van der Waals surface area contributed by atoms with E-state index in [4.69, 9.17) is 0 Å². The van der Waals surface area contributed by atoms with Crippen LogP contribution < -0.4 is 0 Å². The predicted molar refractivity (Wildman–Crippen MR) is 27.3 cm³/mol. The van der Waals surface area contributed by atoms with Crippen molar-refractivity contribution in [1.29, 1.82) is 0 Å². The molecule has 0 aromatic heterocycles. The number of hydrogen-bond donors (Lipinski definition) is 0. The minimum atomic E-state index is -0.116. The molecular formula is C4H7N3O. The van der Waals surface area contributed by atoms with Gasteiger partial charge in [0.25, 0.3) is 0 Å². The van der Waals surface area contributed by atoms with Gasteiger partial charge in [0.1, 0.15) is 12.3 Å². The van der Waals surface area contributed by atoms with E-state index in [0.29, 0.717) is 6.54 Å². The molecule has 1 unspecified atom stereocenters.